The molecular formula is C17H15O3. The third-order valence-corrected chi connectivity index (χ3v) is 3.30. The van der Waals surface area contributed by atoms with E-state index in [1.54, 1.807) is 0 Å². The van der Waals surface area contributed by atoms with Gasteiger partial charge in [0.05, 0.1) is 6.61 Å². The molecule has 20 heavy (non-hydrogen) atoms. The summed E-state index contributed by atoms with van der Waals surface area (Å²) in [6.45, 7) is 4.02. The molecule has 3 rings (SSSR count). The molecule has 0 unspecified atom stereocenters. The summed E-state index contributed by atoms with van der Waals surface area (Å²) in [7, 11) is 0. The first kappa shape index (κ1) is 12.7. The number of esters is 1. The van der Waals surface area contributed by atoms with Gasteiger partial charge in [-0.2, -0.15) is 0 Å². The molecule has 2 aromatic carbocycles. The first-order chi connectivity index (χ1) is 9.81. The van der Waals surface area contributed by atoms with Crippen LogP contribution in [-0.4, -0.2) is 12.6 Å². The van der Waals surface area contributed by atoms with E-state index in [0.717, 1.165) is 11.1 Å². The molecule has 1 aliphatic heterocycles. The summed E-state index contributed by atoms with van der Waals surface area (Å²) in [5.41, 5.74) is 1.69. The van der Waals surface area contributed by atoms with Crippen LogP contribution in [-0.2, 0) is 9.53 Å². The molecule has 1 aliphatic rings. The van der Waals surface area contributed by atoms with E-state index in [1.807, 2.05) is 48.5 Å². The average Bonchev–Trinajstić information content (AvgIpc) is 2.50. The smallest absolute Gasteiger partial charge is 0.318 e. The van der Waals surface area contributed by atoms with Crippen molar-refractivity contribution in [1.82, 2.24) is 0 Å². The van der Waals surface area contributed by atoms with Crippen LogP contribution in [0.15, 0.2) is 48.5 Å². The number of benzene rings is 2. The molecular weight excluding hydrogens is 252 g/mol. The van der Waals surface area contributed by atoms with Crippen molar-refractivity contribution in [3.8, 4) is 11.5 Å². The normalized spacial score (nSPS) is 13.1. The number of hydrogen-bond donors (Lipinski definition) is 0. The Kier molecular flexibility index (Phi) is 3.42. The van der Waals surface area contributed by atoms with E-state index in [1.165, 1.54) is 0 Å². The van der Waals surface area contributed by atoms with Crippen LogP contribution in [0.5, 0.6) is 11.5 Å². The van der Waals surface area contributed by atoms with Gasteiger partial charge >= 0.3 is 5.97 Å². The molecule has 0 aromatic heterocycles. The second-order valence-corrected chi connectivity index (χ2v) is 4.63. The highest BCUT2D eigenvalue weighted by Crippen LogP contribution is 2.44. The molecule has 2 aromatic rings. The van der Waals surface area contributed by atoms with Crippen molar-refractivity contribution in [3.63, 3.8) is 0 Å². The number of para-hydroxylation sites is 2. The van der Waals surface area contributed by atoms with Crippen LogP contribution < -0.4 is 4.74 Å². The van der Waals surface area contributed by atoms with Crippen LogP contribution in [0.3, 0.4) is 0 Å². The summed E-state index contributed by atoms with van der Waals surface area (Å²) >= 11 is 0. The molecule has 0 fully saturated rings. The third-order valence-electron chi connectivity index (χ3n) is 3.30. The predicted molar refractivity (Wildman–Crippen MR) is 75.7 cm³/mol. The number of fused-ring (bicyclic) bond motifs is 2. The lowest BCUT2D eigenvalue weighted by atomic mass is 9.88. The van der Waals surface area contributed by atoms with Crippen molar-refractivity contribution in [1.29, 1.82) is 0 Å². The zero-order chi connectivity index (χ0) is 13.9. The quantitative estimate of drug-likeness (QED) is 0.796. The first-order valence-corrected chi connectivity index (χ1v) is 6.63. The van der Waals surface area contributed by atoms with E-state index in [2.05, 4.69) is 6.92 Å². The molecule has 0 saturated heterocycles. The van der Waals surface area contributed by atoms with Crippen LogP contribution in [0.25, 0.3) is 0 Å². The maximum absolute atomic E-state index is 12.4. The summed E-state index contributed by atoms with van der Waals surface area (Å²) in [6.07, 6.45) is 0.568. The summed E-state index contributed by atoms with van der Waals surface area (Å²) in [5.74, 6) is 0.741. The molecule has 1 heterocycles. The highest BCUT2D eigenvalue weighted by molar-refractivity contribution is 5.85. The molecule has 3 heteroatoms. The number of carbonyl (C=O) groups is 1. The molecule has 0 bridgehead atoms. The van der Waals surface area contributed by atoms with Crippen molar-refractivity contribution >= 4 is 5.97 Å². The molecule has 0 aliphatic carbocycles. The van der Waals surface area contributed by atoms with Gasteiger partial charge in [0, 0.05) is 11.1 Å². The van der Waals surface area contributed by atoms with Crippen molar-refractivity contribution in [3.05, 3.63) is 66.6 Å². The van der Waals surface area contributed by atoms with Crippen LogP contribution in [0.2, 0.25) is 0 Å². The molecule has 0 N–H and O–H groups in total. The lowest BCUT2D eigenvalue weighted by Gasteiger charge is -2.26. The highest BCUT2D eigenvalue weighted by atomic mass is 16.5. The van der Waals surface area contributed by atoms with Crippen LogP contribution in [0.1, 0.15) is 23.5 Å². The van der Waals surface area contributed by atoms with E-state index in [-0.39, 0.29) is 5.97 Å². The zero-order valence-corrected chi connectivity index (χ0v) is 11.0. The summed E-state index contributed by atoms with van der Waals surface area (Å²) in [6, 6.07) is 15.1. The SMILES string of the molecule is [CH2]CCOC(=O)C1c2ccccc2Oc2ccccc21. The number of rotatable bonds is 3. The number of ether oxygens (including phenoxy) is 2. The van der Waals surface area contributed by atoms with Gasteiger partial charge in [-0.25, -0.2) is 0 Å². The maximum Gasteiger partial charge on any atom is 0.318 e. The molecule has 0 atom stereocenters. The Morgan fingerprint density at radius 1 is 1.05 bits per heavy atom. The van der Waals surface area contributed by atoms with E-state index in [9.17, 15) is 4.79 Å². The molecule has 1 radical (unpaired) electrons. The van der Waals surface area contributed by atoms with Crippen molar-refractivity contribution in [2.75, 3.05) is 6.61 Å². The Hall–Kier alpha value is -2.29. The minimum absolute atomic E-state index is 0.253. The van der Waals surface area contributed by atoms with E-state index >= 15 is 0 Å². The Morgan fingerprint density at radius 2 is 1.60 bits per heavy atom. The minimum atomic E-state index is -0.428. The van der Waals surface area contributed by atoms with Gasteiger partial charge in [0.15, 0.2) is 0 Å². The summed E-state index contributed by atoms with van der Waals surface area (Å²) in [4.78, 5) is 12.4. The molecule has 101 valence electrons. The van der Waals surface area contributed by atoms with E-state index in [0.29, 0.717) is 24.5 Å². The largest absolute Gasteiger partial charge is 0.465 e. The van der Waals surface area contributed by atoms with Crippen molar-refractivity contribution in [2.24, 2.45) is 0 Å². The Labute approximate surface area is 118 Å². The number of hydrogen-bond acceptors (Lipinski definition) is 3. The van der Waals surface area contributed by atoms with Crippen LogP contribution >= 0.6 is 0 Å². The Balaban J connectivity index is 2.05. The lowest BCUT2D eigenvalue weighted by Crippen LogP contribution is -2.21. The second kappa shape index (κ2) is 5.37. The van der Waals surface area contributed by atoms with Gasteiger partial charge < -0.3 is 9.47 Å². The fraction of sp³-hybridized carbons (Fsp3) is 0.176. The standard InChI is InChI=1S/C17H15O3/c1-2-11-19-17(18)16-12-7-3-5-9-14(12)20-15-10-6-4-8-13(15)16/h3-10,16H,1-2,11H2. The van der Waals surface area contributed by atoms with Gasteiger partial charge in [-0.15, -0.1) is 0 Å². The summed E-state index contributed by atoms with van der Waals surface area (Å²) in [5, 5.41) is 0. The topological polar surface area (TPSA) is 35.5 Å². The van der Waals surface area contributed by atoms with Crippen LogP contribution in [0.4, 0.5) is 0 Å². The molecule has 3 nitrogen and oxygen atoms in total. The second-order valence-electron chi connectivity index (χ2n) is 4.63. The van der Waals surface area contributed by atoms with E-state index < -0.39 is 5.92 Å². The predicted octanol–water partition coefficient (Wildman–Crippen LogP) is 3.69. The third kappa shape index (κ3) is 2.16. The van der Waals surface area contributed by atoms with E-state index in [4.69, 9.17) is 9.47 Å². The Bertz CT molecular complexity index is 588. The molecule has 0 spiro atoms. The average molecular weight is 267 g/mol. The van der Waals surface area contributed by atoms with Crippen molar-refractivity contribution in [2.45, 2.75) is 12.3 Å². The van der Waals surface area contributed by atoms with Crippen molar-refractivity contribution < 1.29 is 14.3 Å². The highest BCUT2D eigenvalue weighted by Gasteiger charge is 2.33. The van der Waals surface area contributed by atoms with Gasteiger partial charge in [0.1, 0.15) is 17.4 Å². The maximum atomic E-state index is 12.4. The first-order valence-electron chi connectivity index (χ1n) is 6.63. The van der Waals surface area contributed by atoms with Gasteiger partial charge in [0.25, 0.3) is 0 Å². The zero-order valence-electron chi connectivity index (χ0n) is 11.0. The Morgan fingerprint density at radius 3 is 2.15 bits per heavy atom. The fourth-order valence-electron chi connectivity index (χ4n) is 2.42. The lowest BCUT2D eigenvalue weighted by molar-refractivity contribution is -0.144. The van der Waals surface area contributed by atoms with Crippen LogP contribution in [0, 0.1) is 6.92 Å². The molecule has 0 amide bonds. The summed E-state index contributed by atoms with van der Waals surface area (Å²) < 4.78 is 11.1. The van der Waals surface area contributed by atoms with Gasteiger partial charge in [-0.3, -0.25) is 4.79 Å². The fourth-order valence-corrected chi connectivity index (χ4v) is 2.42. The minimum Gasteiger partial charge on any atom is -0.465 e. The van der Waals surface area contributed by atoms with Gasteiger partial charge in [-0.1, -0.05) is 36.4 Å². The molecule has 0 saturated carbocycles. The number of carbonyl (C=O) groups excluding carboxylic acids is 1. The van der Waals surface area contributed by atoms with Gasteiger partial charge in [-0.05, 0) is 25.5 Å². The monoisotopic (exact) mass is 267 g/mol. The van der Waals surface area contributed by atoms with Gasteiger partial charge in [0.2, 0.25) is 0 Å².